The Balaban J connectivity index is 2.31. The van der Waals surface area contributed by atoms with Crippen molar-refractivity contribution in [1.82, 2.24) is 15.2 Å². The fourth-order valence-corrected chi connectivity index (χ4v) is 2.13. The fraction of sp³-hybridized carbons (Fsp3) is 0.357. The van der Waals surface area contributed by atoms with Gasteiger partial charge in [0.15, 0.2) is 5.69 Å². The molecule has 1 atom stereocenters. The molecular formula is C14H15F3N4O. The van der Waals surface area contributed by atoms with Crippen LogP contribution in [-0.2, 0) is 11.0 Å². The lowest BCUT2D eigenvalue weighted by molar-refractivity contribution is -0.141. The van der Waals surface area contributed by atoms with Crippen molar-refractivity contribution in [3.8, 4) is 0 Å². The van der Waals surface area contributed by atoms with Crippen LogP contribution in [0.4, 0.5) is 13.2 Å². The van der Waals surface area contributed by atoms with Crippen molar-refractivity contribution < 1.29 is 18.0 Å². The summed E-state index contributed by atoms with van der Waals surface area (Å²) >= 11 is 0. The van der Waals surface area contributed by atoms with Crippen molar-refractivity contribution in [3.63, 3.8) is 0 Å². The molecule has 1 unspecified atom stereocenters. The normalized spacial score (nSPS) is 17.1. The largest absolute Gasteiger partial charge is 0.435 e. The topological polar surface area (TPSA) is 59.3 Å². The number of allylic oxidation sites excluding steroid dienone is 4. The summed E-state index contributed by atoms with van der Waals surface area (Å²) in [4.78, 5) is 10.5. The molecule has 0 spiro atoms. The molecule has 0 aromatic carbocycles. The van der Waals surface area contributed by atoms with E-state index in [-0.39, 0.29) is 0 Å². The second-order valence-corrected chi connectivity index (χ2v) is 4.74. The number of hydrogen-bond donors (Lipinski definition) is 1. The van der Waals surface area contributed by atoms with Gasteiger partial charge in [0, 0.05) is 6.20 Å². The van der Waals surface area contributed by atoms with Gasteiger partial charge in [0.2, 0.25) is 6.41 Å². The molecule has 5 nitrogen and oxygen atoms in total. The molecule has 0 radical (unpaired) electrons. The van der Waals surface area contributed by atoms with E-state index in [0.29, 0.717) is 12.1 Å². The minimum Gasteiger partial charge on any atom is -0.277 e. The van der Waals surface area contributed by atoms with Crippen molar-refractivity contribution in [3.05, 3.63) is 41.8 Å². The first kappa shape index (κ1) is 16.0. The highest BCUT2D eigenvalue weighted by Gasteiger charge is 2.34. The number of amides is 1. The van der Waals surface area contributed by atoms with Gasteiger partial charge in [-0.25, -0.2) is 5.43 Å². The molecule has 1 heterocycles. The number of nitrogens with zero attached hydrogens (tertiary/aromatic N) is 3. The molecule has 1 N–H and O–H groups in total. The zero-order chi connectivity index (χ0) is 16.2. The Kier molecular flexibility index (Phi) is 4.79. The first-order valence-electron chi connectivity index (χ1n) is 6.69. The van der Waals surface area contributed by atoms with E-state index in [2.05, 4.69) is 15.6 Å². The molecule has 0 saturated heterocycles. The van der Waals surface area contributed by atoms with Crippen LogP contribution < -0.4 is 5.43 Å². The predicted octanol–water partition coefficient (Wildman–Crippen LogP) is 2.84. The van der Waals surface area contributed by atoms with Crippen molar-refractivity contribution in [1.29, 1.82) is 0 Å². The highest BCUT2D eigenvalue weighted by molar-refractivity contribution is 6.05. The third-order valence-corrected chi connectivity index (χ3v) is 3.22. The fourth-order valence-electron chi connectivity index (χ4n) is 2.13. The summed E-state index contributed by atoms with van der Waals surface area (Å²) < 4.78 is 39.1. The maximum absolute atomic E-state index is 12.6. The summed E-state index contributed by atoms with van der Waals surface area (Å²) in [6.45, 7) is 1.67. The predicted molar refractivity (Wildman–Crippen MR) is 75.0 cm³/mol. The van der Waals surface area contributed by atoms with Crippen LogP contribution in [0.5, 0.6) is 0 Å². The summed E-state index contributed by atoms with van der Waals surface area (Å²) in [6, 6.07) is 0.351. The van der Waals surface area contributed by atoms with Gasteiger partial charge in [0.1, 0.15) is 0 Å². The van der Waals surface area contributed by atoms with E-state index in [9.17, 15) is 18.0 Å². The zero-order valence-electron chi connectivity index (χ0n) is 11.8. The summed E-state index contributed by atoms with van der Waals surface area (Å²) in [7, 11) is 0. The molecule has 22 heavy (non-hydrogen) atoms. The minimum absolute atomic E-state index is 0.407. The van der Waals surface area contributed by atoms with Crippen LogP contribution in [0, 0.1) is 0 Å². The van der Waals surface area contributed by atoms with Gasteiger partial charge in [-0.2, -0.15) is 23.4 Å². The highest BCUT2D eigenvalue weighted by atomic mass is 19.4. The van der Waals surface area contributed by atoms with Crippen LogP contribution in [-0.4, -0.2) is 21.9 Å². The zero-order valence-corrected chi connectivity index (χ0v) is 11.8. The van der Waals surface area contributed by atoms with Crippen LogP contribution in [0.1, 0.15) is 31.5 Å². The van der Waals surface area contributed by atoms with Crippen molar-refractivity contribution in [2.75, 3.05) is 0 Å². The average molecular weight is 312 g/mol. The van der Waals surface area contributed by atoms with E-state index in [4.69, 9.17) is 0 Å². The first-order valence-corrected chi connectivity index (χ1v) is 6.69. The van der Waals surface area contributed by atoms with E-state index in [1.165, 1.54) is 10.9 Å². The molecule has 1 aliphatic rings. The van der Waals surface area contributed by atoms with E-state index in [1.54, 1.807) is 6.92 Å². The second-order valence-electron chi connectivity index (χ2n) is 4.74. The number of carbonyl (C=O) groups excluding carboxylic acids is 1. The van der Waals surface area contributed by atoms with Crippen LogP contribution in [0.15, 0.2) is 41.2 Å². The molecule has 118 valence electrons. The molecule has 0 aliphatic heterocycles. The quantitative estimate of drug-likeness (QED) is 0.516. The molecular weight excluding hydrogens is 297 g/mol. The second kappa shape index (κ2) is 6.59. The molecule has 1 amide bonds. The minimum atomic E-state index is -4.49. The number of rotatable bonds is 5. The molecule has 8 heteroatoms. The Morgan fingerprint density at radius 2 is 2.27 bits per heavy atom. The van der Waals surface area contributed by atoms with Gasteiger partial charge in [-0.15, -0.1) is 0 Å². The number of nitrogens with one attached hydrogen (secondary N) is 1. The SMILES string of the molecule is CC(/C(=N/NC=O)C1=CCCC=C1)n1ccc(C(F)(F)F)n1. The van der Waals surface area contributed by atoms with E-state index in [0.717, 1.165) is 24.5 Å². The van der Waals surface area contributed by atoms with Crippen LogP contribution >= 0.6 is 0 Å². The van der Waals surface area contributed by atoms with Gasteiger partial charge in [0.25, 0.3) is 0 Å². The van der Waals surface area contributed by atoms with Crippen molar-refractivity contribution in [2.45, 2.75) is 32.0 Å². The van der Waals surface area contributed by atoms with Gasteiger partial charge in [-0.05, 0) is 31.4 Å². The third-order valence-electron chi connectivity index (χ3n) is 3.22. The molecule has 0 fully saturated rings. The first-order chi connectivity index (χ1) is 10.4. The summed E-state index contributed by atoms with van der Waals surface area (Å²) in [5, 5.41) is 7.50. The molecule has 0 saturated carbocycles. The molecule has 2 rings (SSSR count). The number of halogens is 3. The van der Waals surface area contributed by atoms with Crippen molar-refractivity contribution >= 4 is 12.1 Å². The Morgan fingerprint density at radius 1 is 1.50 bits per heavy atom. The maximum atomic E-state index is 12.6. The number of carbonyl (C=O) groups is 1. The lowest BCUT2D eigenvalue weighted by Gasteiger charge is -2.18. The van der Waals surface area contributed by atoms with Crippen LogP contribution in [0.2, 0.25) is 0 Å². The number of alkyl halides is 3. The Morgan fingerprint density at radius 3 is 2.82 bits per heavy atom. The maximum Gasteiger partial charge on any atom is 0.435 e. The Hall–Kier alpha value is -2.38. The average Bonchev–Trinajstić information content (AvgIpc) is 2.98. The van der Waals surface area contributed by atoms with Crippen LogP contribution in [0.3, 0.4) is 0 Å². The van der Waals surface area contributed by atoms with Gasteiger partial charge in [-0.3, -0.25) is 9.48 Å². The van der Waals surface area contributed by atoms with E-state index < -0.39 is 17.9 Å². The molecule has 1 aliphatic carbocycles. The Bertz CT molecular complexity index is 628. The summed E-state index contributed by atoms with van der Waals surface area (Å²) in [5.74, 6) is 0. The smallest absolute Gasteiger partial charge is 0.277 e. The summed E-state index contributed by atoms with van der Waals surface area (Å²) in [6.07, 6.45) is 4.57. The molecule has 0 bridgehead atoms. The van der Waals surface area contributed by atoms with Gasteiger partial charge in [0.05, 0.1) is 11.8 Å². The monoisotopic (exact) mass is 312 g/mol. The Labute approximate surface area is 125 Å². The number of hydrogen-bond acceptors (Lipinski definition) is 3. The molecule has 1 aromatic heterocycles. The van der Waals surface area contributed by atoms with E-state index >= 15 is 0 Å². The summed E-state index contributed by atoms with van der Waals surface area (Å²) in [5.41, 5.74) is 2.45. The van der Waals surface area contributed by atoms with Gasteiger partial charge >= 0.3 is 6.18 Å². The van der Waals surface area contributed by atoms with Crippen LogP contribution in [0.25, 0.3) is 0 Å². The number of aromatic nitrogens is 2. The standard InChI is InChI=1S/C14H15F3N4O/c1-10(21-8-7-12(20-21)14(15,16)17)13(19-18-9-22)11-5-3-2-4-6-11/h3,5-10H,2,4H2,1H3,(H,18,22)/b19-13-. The van der Waals surface area contributed by atoms with Crippen molar-refractivity contribution in [2.24, 2.45) is 5.10 Å². The van der Waals surface area contributed by atoms with Gasteiger partial charge < -0.3 is 0 Å². The van der Waals surface area contributed by atoms with Gasteiger partial charge in [-0.1, -0.05) is 18.2 Å². The number of hydrazone groups is 1. The van der Waals surface area contributed by atoms with E-state index in [1.807, 2.05) is 18.2 Å². The molecule has 1 aromatic rings. The third kappa shape index (κ3) is 3.63. The lowest BCUT2D eigenvalue weighted by Crippen LogP contribution is -2.22. The lowest BCUT2D eigenvalue weighted by atomic mass is 9.99. The highest BCUT2D eigenvalue weighted by Crippen LogP contribution is 2.28.